The van der Waals surface area contributed by atoms with Crippen molar-refractivity contribution in [2.75, 3.05) is 11.9 Å². The molecule has 1 rings (SSSR count). The van der Waals surface area contributed by atoms with Gasteiger partial charge in [-0.25, -0.2) is 0 Å². The second kappa shape index (κ2) is 5.64. The van der Waals surface area contributed by atoms with Gasteiger partial charge in [-0.2, -0.15) is 0 Å². The van der Waals surface area contributed by atoms with E-state index in [4.69, 9.17) is 5.73 Å². The highest BCUT2D eigenvalue weighted by Crippen LogP contribution is 2.08. The fraction of sp³-hybridized carbons (Fsp3) is 0.182. The number of amides is 3. The van der Waals surface area contributed by atoms with E-state index in [0.717, 1.165) is 0 Å². The van der Waals surface area contributed by atoms with Gasteiger partial charge in [0.15, 0.2) is 0 Å². The van der Waals surface area contributed by atoms with Gasteiger partial charge < -0.3 is 16.4 Å². The van der Waals surface area contributed by atoms with Crippen LogP contribution in [-0.2, 0) is 9.59 Å². The Bertz CT molecular complexity index is 440. The zero-order chi connectivity index (χ0) is 12.8. The molecule has 1 aromatic carbocycles. The Kier molecular flexibility index (Phi) is 4.21. The summed E-state index contributed by atoms with van der Waals surface area (Å²) in [5.41, 5.74) is 5.97. The molecule has 0 radical (unpaired) electrons. The van der Waals surface area contributed by atoms with Crippen LogP contribution in [0.1, 0.15) is 17.3 Å². The van der Waals surface area contributed by atoms with E-state index in [1.165, 1.54) is 19.1 Å². The molecular formula is C11H13N3O3. The first-order chi connectivity index (χ1) is 7.99. The molecule has 4 N–H and O–H groups in total. The molecular weight excluding hydrogens is 222 g/mol. The van der Waals surface area contributed by atoms with E-state index >= 15 is 0 Å². The summed E-state index contributed by atoms with van der Waals surface area (Å²) in [6, 6.07) is 6.14. The lowest BCUT2D eigenvalue weighted by molar-refractivity contribution is -0.122. The molecule has 6 heteroatoms. The van der Waals surface area contributed by atoms with Crippen molar-refractivity contribution in [3.05, 3.63) is 29.8 Å². The third-order valence-corrected chi connectivity index (χ3v) is 1.95. The molecule has 17 heavy (non-hydrogen) atoms. The van der Waals surface area contributed by atoms with Crippen LogP contribution in [0.25, 0.3) is 0 Å². The Labute approximate surface area is 98.2 Å². The first-order valence-electron chi connectivity index (χ1n) is 4.93. The van der Waals surface area contributed by atoms with E-state index < -0.39 is 5.91 Å². The third-order valence-electron chi connectivity index (χ3n) is 1.95. The Morgan fingerprint density at radius 3 is 2.24 bits per heavy atom. The molecule has 6 nitrogen and oxygen atoms in total. The fourth-order valence-corrected chi connectivity index (χ4v) is 1.13. The maximum absolute atomic E-state index is 11.3. The Morgan fingerprint density at radius 1 is 1.18 bits per heavy atom. The van der Waals surface area contributed by atoms with Gasteiger partial charge in [0.2, 0.25) is 17.7 Å². The van der Waals surface area contributed by atoms with Gasteiger partial charge >= 0.3 is 0 Å². The summed E-state index contributed by atoms with van der Waals surface area (Å²) in [6.45, 7) is 1.24. The van der Waals surface area contributed by atoms with Crippen molar-refractivity contribution in [2.24, 2.45) is 5.73 Å². The first kappa shape index (κ1) is 12.7. The average molecular weight is 235 g/mol. The molecule has 0 aliphatic rings. The quantitative estimate of drug-likeness (QED) is 0.677. The van der Waals surface area contributed by atoms with Crippen molar-refractivity contribution in [3.8, 4) is 0 Å². The van der Waals surface area contributed by atoms with Crippen LogP contribution in [0.15, 0.2) is 24.3 Å². The van der Waals surface area contributed by atoms with Gasteiger partial charge in [0.1, 0.15) is 0 Å². The molecule has 0 spiro atoms. The van der Waals surface area contributed by atoms with Gasteiger partial charge in [-0.1, -0.05) is 0 Å². The van der Waals surface area contributed by atoms with Crippen molar-refractivity contribution in [1.29, 1.82) is 0 Å². The molecule has 0 fully saturated rings. The number of rotatable bonds is 4. The highest BCUT2D eigenvalue weighted by Gasteiger charge is 2.04. The van der Waals surface area contributed by atoms with Crippen LogP contribution in [0, 0.1) is 0 Å². The summed E-state index contributed by atoms with van der Waals surface area (Å²) in [5, 5.41) is 4.93. The molecule has 0 atom stereocenters. The van der Waals surface area contributed by atoms with Crippen LogP contribution >= 0.6 is 0 Å². The topological polar surface area (TPSA) is 101 Å². The summed E-state index contributed by atoms with van der Waals surface area (Å²) >= 11 is 0. The zero-order valence-electron chi connectivity index (χ0n) is 9.32. The predicted octanol–water partition coefficient (Wildman–Crippen LogP) is -0.140. The van der Waals surface area contributed by atoms with E-state index in [9.17, 15) is 14.4 Å². The highest BCUT2D eigenvalue weighted by atomic mass is 16.2. The van der Waals surface area contributed by atoms with Crippen molar-refractivity contribution in [2.45, 2.75) is 6.92 Å². The highest BCUT2D eigenvalue weighted by molar-refractivity contribution is 5.96. The summed E-state index contributed by atoms with van der Waals surface area (Å²) in [5.74, 6) is -1.14. The summed E-state index contributed by atoms with van der Waals surface area (Å²) in [7, 11) is 0. The smallest absolute Gasteiger partial charge is 0.248 e. The minimum absolute atomic E-state index is 0.0904. The molecule has 0 unspecified atom stereocenters. The maximum Gasteiger partial charge on any atom is 0.248 e. The van der Waals surface area contributed by atoms with Gasteiger partial charge in [-0.3, -0.25) is 14.4 Å². The molecule has 0 saturated heterocycles. The summed E-state index contributed by atoms with van der Waals surface area (Å²) < 4.78 is 0. The molecule has 0 aliphatic carbocycles. The van der Waals surface area contributed by atoms with E-state index in [1.807, 2.05) is 0 Å². The van der Waals surface area contributed by atoms with Gasteiger partial charge in [0, 0.05) is 18.2 Å². The predicted molar refractivity (Wildman–Crippen MR) is 62.3 cm³/mol. The molecule has 0 aromatic heterocycles. The number of nitrogens with one attached hydrogen (secondary N) is 2. The van der Waals surface area contributed by atoms with Crippen LogP contribution in [0.4, 0.5) is 5.69 Å². The fourth-order valence-electron chi connectivity index (χ4n) is 1.13. The monoisotopic (exact) mass is 235 g/mol. The Morgan fingerprint density at radius 2 is 1.76 bits per heavy atom. The lowest BCUT2D eigenvalue weighted by atomic mass is 10.2. The molecule has 0 aliphatic heterocycles. The number of hydrogen-bond donors (Lipinski definition) is 3. The summed E-state index contributed by atoms with van der Waals surface area (Å²) in [6.07, 6.45) is 0. The Hall–Kier alpha value is -2.37. The second-order valence-electron chi connectivity index (χ2n) is 3.40. The maximum atomic E-state index is 11.3. The van der Waals surface area contributed by atoms with Crippen molar-refractivity contribution in [1.82, 2.24) is 5.32 Å². The number of nitrogens with two attached hydrogens (primary N) is 1. The van der Waals surface area contributed by atoms with E-state index in [0.29, 0.717) is 11.3 Å². The van der Waals surface area contributed by atoms with E-state index in [1.54, 1.807) is 12.1 Å². The van der Waals surface area contributed by atoms with Crippen LogP contribution in [0.3, 0.4) is 0 Å². The molecule has 3 amide bonds. The lowest BCUT2D eigenvalue weighted by Crippen LogP contribution is -2.31. The van der Waals surface area contributed by atoms with Gasteiger partial charge in [-0.15, -0.1) is 0 Å². The van der Waals surface area contributed by atoms with Gasteiger partial charge in [0.25, 0.3) is 0 Å². The molecule has 0 saturated carbocycles. The number of benzene rings is 1. The number of anilines is 1. The summed E-state index contributed by atoms with van der Waals surface area (Å²) in [4.78, 5) is 32.7. The van der Waals surface area contributed by atoms with Crippen molar-refractivity contribution >= 4 is 23.4 Å². The van der Waals surface area contributed by atoms with Crippen LogP contribution in [0.5, 0.6) is 0 Å². The average Bonchev–Trinajstić information content (AvgIpc) is 2.27. The zero-order valence-corrected chi connectivity index (χ0v) is 9.32. The van der Waals surface area contributed by atoms with Crippen molar-refractivity contribution in [3.63, 3.8) is 0 Å². The van der Waals surface area contributed by atoms with E-state index in [-0.39, 0.29) is 18.4 Å². The van der Waals surface area contributed by atoms with Crippen LogP contribution in [0.2, 0.25) is 0 Å². The van der Waals surface area contributed by atoms with Gasteiger partial charge in [-0.05, 0) is 24.3 Å². The molecule has 90 valence electrons. The number of hydrogen-bond acceptors (Lipinski definition) is 3. The standard InChI is InChI=1S/C11H13N3O3/c1-7(15)13-6-10(16)14-9-4-2-8(3-5-9)11(12)17/h2-5H,6H2,1H3,(H2,12,17)(H,13,15)(H,14,16). The lowest BCUT2D eigenvalue weighted by Gasteiger charge is -2.05. The first-order valence-corrected chi connectivity index (χ1v) is 4.93. The van der Waals surface area contributed by atoms with Crippen LogP contribution < -0.4 is 16.4 Å². The number of carbonyl (C=O) groups excluding carboxylic acids is 3. The minimum atomic E-state index is -0.527. The second-order valence-corrected chi connectivity index (χ2v) is 3.40. The minimum Gasteiger partial charge on any atom is -0.366 e. The number of primary amides is 1. The Balaban J connectivity index is 2.54. The third kappa shape index (κ3) is 4.33. The molecule has 1 aromatic rings. The molecule has 0 heterocycles. The van der Waals surface area contributed by atoms with Crippen molar-refractivity contribution < 1.29 is 14.4 Å². The van der Waals surface area contributed by atoms with Crippen LogP contribution in [-0.4, -0.2) is 24.3 Å². The van der Waals surface area contributed by atoms with Gasteiger partial charge in [0.05, 0.1) is 6.54 Å². The molecule has 0 bridgehead atoms. The van der Waals surface area contributed by atoms with E-state index in [2.05, 4.69) is 10.6 Å². The normalized spacial score (nSPS) is 9.47. The number of carbonyl (C=O) groups is 3. The SMILES string of the molecule is CC(=O)NCC(=O)Nc1ccc(C(N)=O)cc1. The largest absolute Gasteiger partial charge is 0.366 e.